The van der Waals surface area contributed by atoms with Crippen molar-refractivity contribution in [1.29, 1.82) is 0 Å². The van der Waals surface area contributed by atoms with E-state index in [2.05, 4.69) is 31.4 Å². The fraction of sp³-hybridized carbons (Fsp3) is 0.917. The molecule has 1 rings (SSSR count). The Kier molecular flexibility index (Phi) is 5.21. The number of hydrogen-bond donors (Lipinski definition) is 3. The van der Waals surface area contributed by atoms with E-state index in [0.29, 0.717) is 13.2 Å². The molecule has 1 heterocycles. The number of nitrogens with one attached hydrogen (secondary N) is 2. The number of nitrogens with two attached hydrogens (primary N) is 1. The Labute approximate surface area is 103 Å². The zero-order valence-electron chi connectivity index (χ0n) is 11.1. The third-order valence-electron chi connectivity index (χ3n) is 3.07. The standard InChI is InChI=1S/C12H25N3O2/c1-12(2,3)10(4-6-13)15-11(16)14-9-5-7-17-8-9/h9-10H,4-8,13H2,1-3H3,(H2,14,15,16). The molecule has 1 aliphatic heterocycles. The average molecular weight is 243 g/mol. The highest BCUT2D eigenvalue weighted by atomic mass is 16.5. The van der Waals surface area contributed by atoms with E-state index < -0.39 is 0 Å². The van der Waals surface area contributed by atoms with Crippen molar-refractivity contribution in [2.75, 3.05) is 19.8 Å². The van der Waals surface area contributed by atoms with Crippen LogP contribution in [0.2, 0.25) is 0 Å². The molecule has 0 aromatic carbocycles. The maximum Gasteiger partial charge on any atom is 0.315 e. The van der Waals surface area contributed by atoms with E-state index in [1.54, 1.807) is 0 Å². The van der Waals surface area contributed by atoms with E-state index in [9.17, 15) is 4.79 Å². The van der Waals surface area contributed by atoms with Gasteiger partial charge in [0.05, 0.1) is 12.6 Å². The van der Waals surface area contributed by atoms with E-state index in [1.807, 2.05) is 0 Å². The van der Waals surface area contributed by atoms with Crippen LogP contribution in [0.5, 0.6) is 0 Å². The molecule has 17 heavy (non-hydrogen) atoms. The first kappa shape index (κ1) is 14.3. The minimum atomic E-state index is -0.117. The Hall–Kier alpha value is -0.810. The quantitative estimate of drug-likeness (QED) is 0.685. The van der Waals surface area contributed by atoms with E-state index in [1.165, 1.54) is 0 Å². The number of urea groups is 1. The maximum absolute atomic E-state index is 11.8. The number of carbonyl (C=O) groups is 1. The second-order valence-corrected chi connectivity index (χ2v) is 5.67. The molecule has 2 amide bonds. The van der Waals surface area contributed by atoms with Crippen LogP contribution in [0.4, 0.5) is 4.79 Å². The Morgan fingerprint density at radius 2 is 2.24 bits per heavy atom. The van der Waals surface area contributed by atoms with Crippen LogP contribution < -0.4 is 16.4 Å². The van der Waals surface area contributed by atoms with Crippen molar-refractivity contribution in [1.82, 2.24) is 10.6 Å². The fourth-order valence-electron chi connectivity index (χ4n) is 1.92. The predicted octanol–water partition coefficient (Wildman–Crippen LogP) is 0.838. The van der Waals surface area contributed by atoms with Gasteiger partial charge in [-0.1, -0.05) is 20.8 Å². The second-order valence-electron chi connectivity index (χ2n) is 5.67. The molecule has 4 N–H and O–H groups in total. The van der Waals surface area contributed by atoms with Crippen LogP contribution >= 0.6 is 0 Å². The minimum Gasteiger partial charge on any atom is -0.379 e. The van der Waals surface area contributed by atoms with Gasteiger partial charge in [-0.15, -0.1) is 0 Å². The van der Waals surface area contributed by atoms with Crippen molar-refractivity contribution < 1.29 is 9.53 Å². The first-order chi connectivity index (χ1) is 7.93. The van der Waals surface area contributed by atoms with Crippen molar-refractivity contribution in [3.8, 4) is 0 Å². The summed E-state index contributed by atoms with van der Waals surface area (Å²) in [7, 11) is 0. The summed E-state index contributed by atoms with van der Waals surface area (Å²) in [5, 5.41) is 5.92. The largest absolute Gasteiger partial charge is 0.379 e. The summed E-state index contributed by atoms with van der Waals surface area (Å²) in [4.78, 5) is 11.8. The van der Waals surface area contributed by atoms with Gasteiger partial charge in [-0.05, 0) is 24.8 Å². The molecule has 0 radical (unpaired) electrons. The monoisotopic (exact) mass is 243 g/mol. The van der Waals surface area contributed by atoms with E-state index in [0.717, 1.165) is 19.4 Å². The Balaban J connectivity index is 2.40. The Bertz CT molecular complexity index is 245. The fourth-order valence-corrected chi connectivity index (χ4v) is 1.92. The molecule has 5 heteroatoms. The third-order valence-corrected chi connectivity index (χ3v) is 3.07. The summed E-state index contributed by atoms with van der Waals surface area (Å²) in [5.41, 5.74) is 5.59. The maximum atomic E-state index is 11.8. The average Bonchev–Trinajstić information content (AvgIpc) is 2.68. The molecule has 100 valence electrons. The molecule has 1 aliphatic rings. The predicted molar refractivity (Wildman–Crippen MR) is 67.8 cm³/mol. The van der Waals surface area contributed by atoms with Gasteiger partial charge in [0.1, 0.15) is 0 Å². The number of rotatable bonds is 4. The molecule has 0 aromatic rings. The lowest BCUT2D eigenvalue weighted by molar-refractivity contribution is 0.185. The smallest absolute Gasteiger partial charge is 0.315 e. The van der Waals surface area contributed by atoms with Gasteiger partial charge in [-0.25, -0.2) is 4.79 Å². The van der Waals surface area contributed by atoms with Crippen LogP contribution in [-0.4, -0.2) is 37.9 Å². The highest BCUT2D eigenvalue weighted by molar-refractivity contribution is 5.74. The second kappa shape index (κ2) is 6.21. The van der Waals surface area contributed by atoms with Crippen molar-refractivity contribution in [2.45, 2.75) is 45.7 Å². The van der Waals surface area contributed by atoms with Gasteiger partial charge in [-0.2, -0.15) is 0 Å². The van der Waals surface area contributed by atoms with Crippen molar-refractivity contribution in [3.05, 3.63) is 0 Å². The first-order valence-electron chi connectivity index (χ1n) is 6.28. The zero-order valence-corrected chi connectivity index (χ0v) is 11.1. The van der Waals surface area contributed by atoms with Crippen molar-refractivity contribution >= 4 is 6.03 Å². The van der Waals surface area contributed by atoms with E-state index in [4.69, 9.17) is 10.5 Å². The molecule has 0 aliphatic carbocycles. The number of ether oxygens (including phenoxy) is 1. The van der Waals surface area contributed by atoms with Crippen LogP contribution in [0.1, 0.15) is 33.6 Å². The van der Waals surface area contributed by atoms with E-state index >= 15 is 0 Å². The summed E-state index contributed by atoms with van der Waals surface area (Å²) >= 11 is 0. The zero-order chi connectivity index (χ0) is 12.9. The summed E-state index contributed by atoms with van der Waals surface area (Å²) in [6, 6.07) is 0.122. The van der Waals surface area contributed by atoms with Crippen LogP contribution in [-0.2, 0) is 4.74 Å². The minimum absolute atomic E-state index is 0.0168. The SMILES string of the molecule is CC(C)(C)C(CCN)NC(=O)NC1CCOC1. The van der Waals surface area contributed by atoms with Crippen LogP contribution in [0, 0.1) is 5.41 Å². The van der Waals surface area contributed by atoms with Gasteiger partial charge < -0.3 is 21.1 Å². The Morgan fingerprint density at radius 1 is 1.53 bits per heavy atom. The highest BCUT2D eigenvalue weighted by Gasteiger charge is 2.26. The lowest BCUT2D eigenvalue weighted by atomic mass is 9.85. The van der Waals surface area contributed by atoms with Crippen molar-refractivity contribution in [3.63, 3.8) is 0 Å². The molecule has 2 unspecified atom stereocenters. The van der Waals surface area contributed by atoms with E-state index in [-0.39, 0.29) is 23.5 Å². The van der Waals surface area contributed by atoms with Crippen LogP contribution in [0.15, 0.2) is 0 Å². The molecule has 1 saturated heterocycles. The van der Waals surface area contributed by atoms with Crippen LogP contribution in [0.3, 0.4) is 0 Å². The summed E-state index contributed by atoms with van der Waals surface area (Å²) in [5.74, 6) is 0. The number of carbonyl (C=O) groups excluding carboxylic acids is 1. The van der Waals surface area contributed by atoms with Crippen molar-refractivity contribution in [2.24, 2.45) is 11.1 Å². The number of hydrogen-bond acceptors (Lipinski definition) is 3. The van der Waals surface area contributed by atoms with Gasteiger partial charge in [0, 0.05) is 12.6 Å². The normalized spacial score (nSPS) is 22.2. The molecule has 5 nitrogen and oxygen atoms in total. The summed E-state index contributed by atoms with van der Waals surface area (Å²) < 4.78 is 5.22. The third kappa shape index (κ3) is 4.91. The van der Waals surface area contributed by atoms with Gasteiger partial charge in [-0.3, -0.25) is 0 Å². The number of amides is 2. The molecule has 0 saturated carbocycles. The topological polar surface area (TPSA) is 76.4 Å². The molecular weight excluding hydrogens is 218 g/mol. The molecule has 1 fully saturated rings. The van der Waals surface area contributed by atoms with Gasteiger partial charge in [0.25, 0.3) is 0 Å². The van der Waals surface area contributed by atoms with Gasteiger partial charge in [0.2, 0.25) is 0 Å². The first-order valence-corrected chi connectivity index (χ1v) is 6.28. The summed E-state index contributed by atoms with van der Waals surface area (Å²) in [6.07, 6.45) is 1.68. The summed E-state index contributed by atoms with van der Waals surface area (Å²) in [6.45, 7) is 8.24. The van der Waals surface area contributed by atoms with Gasteiger partial charge >= 0.3 is 6.03 Å². The molecule has 0 spiro atoms. The molecule has 2 atom stereocenters. The highest BCUT2D eigenvalue weighted by Crippen LogP contribution is 2.21. The lowest BCUT2D eigenvalue weighted by Crippen LogP contribution is -2.51. The Morgan fingerprint density at radius 3 is 2.71 bits per heavy atom. The lowest BCUT2D eigenvalue weighted by Gasteiger charge is -2.31. The molecular formula is C12H25N3O2. The van der Waals surface area contributed by atoms with Gasteiger partial charge in [0.15, 0.2) is 0 Å². The molecule has 0 bridgehead atoms. The molecule has 0 aromatic heterocycles. The van der Waals surface area contributed by atoms with Crippen LogP contribution in [0.25, 0.3) is 0 Å².